The van der Waals surface area contributed by atoms with Gasteiger partial charge in [-0.05, 0) is 13.0 Å². The molecule has 0 aromatic carbocycles. The number of hydrogen-bond donors (Lipinski definition) is 2. The van der Waals surface area contributed by atoms with Crippen molar-refractivity contribution in [2.24, 2.45) is 5.73 Å². The minimum absolute atomic E-state index is 0. The molecule has 0 spiro atoms. The Morgan fingerprint density at radius 1 is 1.50 bits per heavy atom. The molecule has 1 heterocycles. The summed E-state index contributed by atoms with van der Waals surface area (Å²) in [6.45, 7) is 2.36. The van der Waals surface area contributed by atoms with E-state index in [0.717, 1.165) is 0 Å². The molecule has 1 aromatic heterocycles. The minimum Gasteiger partial charge on any atom is -0.463 e. The summed E-state index contributed by atoms with van der Waals surface area (Å²) in [5, 5.41) is 0. The molecule has 0 atom stereocenters. The second kappa shape index (κ2) is 8.25. The zero-order valence-corrected chi connectivity index (χ0v) is 13.0. The predicted octanol–water partition coefficient (Wildman–Crippen LogP) is 0.678. The van der Waals surface area contributed by atoms with E-state index in [0.29, 0.717) is 19.4 Å². The molecule has 0 aliphatic carbocycles. The number of nitrogens with one attached hydrogen (secondary N) is 1. The number of rotatable bonds is 7. The Kier molecular flexibility index (Phi) is 7.80. The maximum atomic E-state index is 12.0. The van der Waals surface area contributed by atoms with Crippen LogP contribution in [0, 0.1) is 0 Å². The topological polar surface area (TPSA) is 112 Å². The Morgan fingerprint density at radius 2 is 2.15 bits per heavy atom. The molecule has 0 fully saturated rings. The summed E-state index contributed by atoms with van der Waals surface area (Å²) in [4.78, 5) is 11.3. The largest absolute Gasteiger partial charge is 0.463 e. The molecule has 0 unspecified atom stereocenters. The van der Waals surface area contributed by atoms with Gasteiger partial charge in [-0.3, -0.25) is 0 Å². The molecule has 20 heavy (non-hydrogen) atoms. The second-order valence-electron chi connectivity index (χ2n) is 3.78. The molecule has 0 amide bonds. The van der Waals surface area contributed by atoms with Crippen molar-refractivity contribution in [3.05, 3.63) is 17.6 Å². The maximum absolute atomic E-state index is 12.0. The van der Waals surface area contributed by atoms with Gasteiger partial charge in [-0.15, -0.1) is 12.4 Å². The SMILES string of the molecule is CCc1oc(C(=O)OC)cc1S(=O)(=O)NCCCN.Cl. The van der Waals surface area contributed by atoms with Crippen molar-refractivity contribution >= 4 is 28.4 Å². The molecule has 9 heteroatoms. The Labute approximate surface area is 124 Å². The van der Waals surface area contributed by atoms with Gasteiger partial charge < -0.3 is 14.9 Å². The van der Waals surface area contributed by atoms with Crippen molar-refractivity contribution in [2.45, 2.75) is 24.7 Å². The highest BCUT2D eigenvalue weighted by molar-refractivity contribution is 7.89. The van der Waals surface area contributed by atoms with Gasteiger partial charge in [0.1, 0.15) is 10.7 Å². The summed E-state index contributed by atoms with van der Waals surface area (Å²) in [5.41, 5.74) is 5.30. The van der Waals surface area contributed by atoms with Gasteiger partial charge in [-0.2, -0.15) is 0 Å². The molecule has 0 saturated heterocycles. The summed E-state index contributed by atoms with van der Waals surface area (Å²) in [6.07, 6.45) is 0.881. The van der Waals surface area contributed by atoms with E-state index < -0.39 is 16.0 Å². The number of hydrogen-bond acceptors (Lipinski definition) is 6. The van der Waals surface area contributed by atoms with Gasteiger partial charge in [0.15, 0.2) is 0 Å². The van der Waals surface area contributed by atoms with Gasteiger partial charge in [-0.25, -0.2) is 17.9 Å². The van der Waals surface area contributed by atoms with Gasteiger partial charge in [0.2, 0.25) is 15.8 Å². The smallest absolute Gasteiger partial charge is 0.373 e. The quantitative estimate of drug-likeness (QED) is 0.563. The van der Waals surface area contributed by atoms with Crippen molar-refractivity contribution in [3.63, 3.8) is 0 Å². The van der Waals surface area contributed by atoms with Crippen LogP contribution >= 0.6 is 12.4 Å². The fraction of sp³-hybridized carbons (Fsp3) is 0.545. The first kappa shape index (κ1) is 18.9. The fourth-order valence-corrected chi connectivity index (χ4v) is 2.79. The number of carbonyl (C=O) groups is 1. The number of halogens is 1. The Bertz CT molecular complexity index is 541. The number of furan rings is 1. The standard InChI is InChI=1S/C11H18N2O5S.ClH/c1-3-8-10(7-9(18-8)11(14)17-2)19(15,16)13-6-4-5-12;/h7,13H,3-6,12H2,1-2H3;1H. The highest BCUT2D eigenvalue weighted by atomic mass is 35.5. The highest BCUT2D eigenvalue weighted by Crippen LogP contribution is 2.21. The van der Waals surface area contributed by atoms with Crippen molar-refractivity contribution in [3.8, 4) is 0 Å². The lowest BCUT2D eigenvalue weighted by atomic mass is 10.3. The average Bonchev–Trinajstić information content (AvgIpc) is 2.83. The van der Waals surface area contributed by atoms with Crippen LogP contribution in [0.3, 0.4) is 0 Å². The first-order valence-electron chi connectivity index (χ1n) is 5.87. The monoisotopic (exact) mass is 326 g/mol. The maximum Gasteiger partial charge on any atom is 0.373 e. The number of sulfonamides is 1. The number of aryl methyl sites for hydroxylation is 1. The van der Waals surface area contributed by atoms with Crippen LogP contribution in [-0.2, 0) is 21.2 Å². The molecular weight excluding hydrogens is 308 g/mol. The molecule has 0 bridgehead atoms. The molecule has 1 rings (SSSR count). The minimum atomic E-state index is -3.70. The van der Waals surface area contributed by atoms with E-state index in [1.165, 1.54) is 13.2 Å². The van der Waals surface area contributed by atoms with Crippen LogP contribution in [0.25, 0.3) is 0 Å². The molecule has 0 radical (unpaired) electrons. The number of esters is 1. The summed E-state index contributed by atoms with van der Waals surface area (Å²) in [6, 6.07) is 1.18. The van der Waals surface area contributed by atoms with Crippen LogP contribution in [0.1, 0.15) is 29.7 Å². The first-order valence-corrected chi connectivity index (χ1v) is 7.35. The Morgan fingerprint density at radius 3 is 2.65 bits per heavy atom. The first-order chi connectivity index (χ1) is 8.96. The summed E-state index contributed by atoms with van der Waals surface area (Å²) >= 11 is 0. The highest BCUT2D eigenvalue weighted by Gasteiger charge is 2.25. The number of ether oxygens (including phenoxy) is 1. The molecule has 3 N–H and O–H groups in total. The van der Waals surface area contributed by atoms with Crippen molar-refractivity contribution < 1.29 is 22.4 Å². The van der Waals surface area contributed by atoms with Crippen LogP contribution in [-0.4, -0.2) is 34.6 Å². The third-order valence-electron chi connectivity index (χ3n) is 2.44. The zero-order chi connectivity index (χ0) is 14.5. The summed E-state index contributed by atoms with van der Waals surface area (Å²) < 4.78 is 36.2. The number of methoxy groups -OCH3 is 1. The van der Waals surface area contributed by atoms with E-state index in [-0.39, 0.29) is 35.4 Å². The van der Waals surface area contributed by atoms with Crippen LogP contribution in [0.15, 0.2) is 15.4 Å². The molecule has 0 saturated carbocycles. The van der Waals surface area contributed by atoms with Crippen LogP contribution in [0.5, 0.6) is 0 Å². The van der Waals surface area contributed by atoms with Gasteiger partial charge in [0.05, 0.1) is 7.11 Å². The molecule has 7 nitrogen and oxygen atoms in total. The van der Waals surface area contributed by atoms with Crippen LogP contribution in [0.2, 0.25) is 0 Å². The second-order valence-corrected chi connectivity index (χ2v) is 5.52. The Balaban J connectivity index is 0.00000361. The van der Waals surface area contributed by atoms with E-state index in [4.69, 9.17) is 10.2 Å². The lowest BCUT2D eigenvalue weighted by Crippen LogP contribution is -2.26. The van der Waals surface area contributed by atoms with Crippen LogP contribution < -0.4 is 10.5 Å². The number of nitrogens with two attached hydrogens (primary N) is 1. The lowest BCUT2D eigenvalue weighted by molar-refractivity contribution is 0.0563. The third-order valence-corrected chi connectivity index (χ3v) is 3.95. The summed E-state index contributed by atoms with van der Waals surface area (Å²) in [7, 11) is -2.50. The van der Waals surface area contributed by atoms with E-state index in [9.17, 15) is 13.2 Å². The number of carbonyl (C=O) groups excluding carboxylic acids is 1. The van der Waals surface area contributed by atoms with E-state index in [2.05, 4.69) is 9.46 Å². The van der Waals surface area contributed by atoms with Gasteiger partial charge in [0, 0.05) is 19.0 Å². The van der Waals surface area contributed by atoms with Crippen LogP contribution in [0.4, 0.5) is 0 Å². The van der Waals surface area contributed by atoms with Gasteiger partial charge in [-0.1, -0.05) is 6.92 Å². The Hall–Kier alpha value is -1.09. The lowest BCUT2D eigenvalue weighted by Gasteiger charge is -2.04. The van der Waals surface area contributed by atoms with Gasteiger partial charge >= 0.3 is 5.97 Å². The normalized spacial score (nSPS) is 10.9. The van der Waals surface area contributed by atoms with E-state index >= 15 is 0 Å². The molecule has 1 aromatic rings. The van der Waals surface area contributed by atoms with Crippen molar-refractivity contribution in [1.29, 1.82) is 0 Å². The molecule has 0 aliphatic heterocycles. The predicted molar refractivity (Wildman–Crippen MR) is 75.5 cm³/mol. The zero-order valence-electron chi connectivity index (χ0n) is 11.3. The molecular formula is C11H19ClN2O5S. The van der Waals surface area contributed by atoms with E-state index in [1.54, 1.807) is 6.92 Å². The average molecular weight is 327 g/mol. The molecule has 116 valence electrons. The molecule has 0 aliphatic rings. The third kappa shape index (κ3) is 4.48. The fourth-order valence-electron chi connectivity index (χ4n) is 1.47. The van der Waals surface area contributed by atoms with Gasteiger partial charge in [0.25, 0.3) is 0 Å². The van der Waals surface area contributed by atoms with Crippen molar-refractivity contribution in [1.82, 2.24) is 4.72 Å². The van der Waals surface area contributed by atoms with E-state index in [1.807, 2.05) is 0 Å². The summed E-state index contributed by atoms with van der Waals surface area (Å²) in [5.74, 6) is -0.614. The van der Waals surface area contributed by atoms with Crippen molar-refractivity contribution in [2.75, 3.05) is 20.2 Å².